The van der Waals surface area contributed by atoms with Crippen molar-refractivity contribution in [2.75, 3.05) is 0 Å². The fourth-order valence-corrected chi connectivity index (χ4v) is 3.48. The van der Waals surface area contributed by atoms with Gasteiger partial charge in [-0.15, -0.1) is 0 Å². The van der Waals surface area contributed by atoms with Gasteiger partial charge in [-0.1, -0.05) is 103 Å². The summed E-state index contributed by atoms with van der Waals surface area (Å²) in [5, 5.41) is 0. The van der Waals surface area contributed by atoms with Gasteiger partial charge in [0.2, 0.25) is 0 Å². The summed E-state index contributed by atoms with van der Waals surface area (Å²) >= 11 is 0. The van der Waals surface area contributed by atoms with Crippen LogP contribution in [0.2, 0.25) is 0 Å². The Labute approximate surface area is 161 Å². The maximum atomic E-state index is 4.14. The quantitative estimate of drug-likeness (QED) is 0.355. The van der Waals surface area contributed by atoms with Crippen molar-refractivity contribution in [3.63, 3.8) is 0 Å². The Balaban J connectivity index is 1.77. The molecule has 0 amide bonds. The first-order chi connectivity index (χ1) is 13.2. The third-order valence-corrected chi connectivity index (χ3v) is 4.86. The predicted molar refractivity (Wildman–Crippen MR) is 117 cm³/mol. The first kappa shape index (κ1) is 17.1. The third kappa shape index (κ3) is 3.61. The van der Waals surface area contributed by atoms with Crippen molar-refractivity contribution in [1.29, 1.82) is 0 Å². The average Bonchev–Trinajstić information content (AvgIpc) is 2.74. The fraction of sp³-hybridized carbons (Fsp3) is 0.0370. The minimum absolute atomic E-state index is 1.09. The Hall–Kier alpha value is -3.38. The molecule has 4 rings (SSSR count). The summed E-state index contributed by atoms with van der Waals surface area (Å²) in [6.45, 7) is 6.20. The summed E-state index contributed by atoms with van der Waals surface area (Å²) in [5.41, 5.74) is 9.66. The Morgan fingerprint density at radius 1 is 0.519 bits per heavy atom. The molecule has 0 heterocycles. The van der Waals surface area contributed by atoms with Crippen LogP contribution in [0, 0.1) is 0 Å². The van der Waals surface area contributed by atoms with Crippen LogP contribution in [0.15, 0.2) is 110 Å². The van der Waals surface area contributed by atoms with Crippen LogP contribution in [0.4, 0.5) is 0 Å². The second kappa shape index (κ2) is 7.47. The first-order valence-corrected chi connectivity index (χ1v) is 9.23. The Morgan fingerprint density at radius 2 is 1.00 bits per heavy atom. The van der Waals surface area contributed by atoms with Crippen LogP contribution >= 0.6 is 0 Å². The highest BCUT2D eigenvalue weighted by atomic mass is 14.1. The van der Waals surface area contributed by atoms with Crippen LogP contribution in [0.1, 0.15) is 12.5 Å². The van der Waals surface area contributed by atoms with Gasteiger partial charge in [-0.3, -0.25) is 0 Å². The first-order valence-electron chi connectivity index (χ1n) is 9.23. The maximum absolute atomic E-state index is 4.14. The second-order valence-corrected chi connectivity index (χ2v) is 6.85. The van der Waals surface area contributed by atoms with Crippen molar-refractivity contribution in [2.24, 2.45) is 0 Å². The van der Waals surface area contributed by atoms with Crippen LogP contribution in [-0.4, -0.2) is 0 Å². The summed E-state index contributed by atoms with van der Waals surface area (Å²) in [7, 11) is 0. The summed E-state index contributed by atoms with van der Waals surface area (Å²) in [4.78, 5) is 0. The molecule has 0 aliphatic carbocycles. The van der Waals surface area contributed by atoms with E-state index in [1.54, 1.807) is 0 Å². The zero-order chi connectivity index (χ0) is 18.6. The highest BCUT2D eigenvalue weighted by molar-refractivity contribution is 5.83. The van der Waals surface area contributed by atoms with E-state index in [1.807, 2.05) is 0 Å². The van der Waals surface area contributed by atoms with Gasteiger partial charge in [-0.25, -0.2) is 0 Å². The van der Waals surface area contributed by atoms with E-state index in [1.165, 1.54) is 38.9 Å². The molecule has 0 bridgehead atoms. The minimum atomic E-state index is 1.09. The Bertz CT molecular complexity index is 1090. The number of hydrogen-bond donors (Lipinski definition) is 0. The lowest BCUT2D eigenvalue weighted by Crippen LogP contribution is -1.87. The summed E-state index contributed by atoms with van der Waals surface area (Å²) < 4.78 is 0. The molecule has 130 valence electrons. The third-order valence-electron chi connectivity index (χ3n) is 4.86. The van der Waals surface area contributed by atoms with Gasteiger partial charge >= 0.3 is 0 Å². The van der Waals surface area contributed by atoms with Crippen LogP contribution in [0.3, 0.4) is 0 Å². The summed E-state index contributed by atoms with van der Waals surface area (Å²) in [6.07, 6.45) is 0. The van der Waals surface area contributed by atoms with Crippen molar-refractivity contribution >= 4 is 5.57 Å². The molecule has 4 aromatic rings. The van der Waals surface area contributed by atoms with E-state index in [9.17, 15) is 0 Å². The van der Waals surface area contributed by atoms with E-state index in [4.69, 9.17) is 0 Å². The number of hydrogen-bond acceptors (Lipinski definition) is 0. The van der Waals surface area contributed by atoms with E-state index in [0.29, 0.717) is 0 Å². The van der Waals surface area contributed by atoms with Crippen molar-refractivity contribution in [1.82, 2.24) is 0 Å². The lowest BCUT2D eigenvalue weighted by molar-refractivity contribution is 1.53. The van der Waals surface area contributed by atoms with Crippen LogP contribution < -0.4 is 0 Å². The minimum Gasteiger partial charge on any atom is -0.0955 e. The van der Waals surface area contributed by atoms with E-state index >= 15 is 0 Å². The lowest BCUT2D eigenvalue weighted by Gasteiger charge is -2.12. The summed E-state index contributed by atoms with van der Waals surface area (Å²) in [6, 6.07) is 36.5. The van der Waals surface area contributed by atoms with Gasteiger partial charge < -0.3 is 0 Å². The highest BCUT2D eigenvalue weighted by Gasteiger charge is 2.07. The van der Waals surface area contributed by atoms with E-state index in [0.717, 1.165) is 5.57 Å². The average molecular weight is 346 g/mol. The second-order valence-electron chi connectivity index (χ2n) is 6.85. The molecule has 0 unspecified atom stereocenters. The maximum Gasteiger partial charge on any atom is -0.0109 e. The molecule has 4 aromatic carbocycles. The molecule has 0 aliphatic rings. The van der Waals surface area contributed by atoms with Crippen molar-refractivity contribution in [3.8, 4) is 33.4 Å². The number of rotatable bonds is 4. The zero-order valence-corrected chi connectivity index (χ0v) is 15.5. The summed E-state index contributed by atoms with van der Waals surface area (Å²) in [5.74, 6) is 0. The smallest absolute Gasteiger partial charge is 0.0109 e. The molecular weight excluding hydrogens is 324 g/mol. The molecule has 0 heteroatoms. The standard InChI is InChI=1S/C27H22/c1-20(2)26-16-6-7-17-27(26)25-15-9-14-24(19-25)23-13-8-12-22(18-23)21-10-4-3-5-11-21/h3-19H,1H2,2H3. The largest absolute Gasteiger partial charge is 0.0955 e. The predicted octanol–water partition coefficient (Wildman–Crippen LogP) is 7.72. The van der Waals surface area contributed by atoms with E-state index in [2.05, 4.69) is 117 Å². The van der Waals surface area contributed by atoms with Crippen molar-refractivity contribution < 1.29 is 0 Å². The number of allylic oxidation sites excluding steroid dienone is 1. The molecule has 0 spiro atoms. The van der Waals surface area contributed by atoms with E-state index < -0.39 is 0 Å². The highest BCUT2D eigenvalue weighted by Crippen LogP contribution is 2.32. The zero-order valence-electron chi connectivity index (χ0n) is 15.5. The SMILES string of the molecule is C=C(C)c1ccccc1-c1cccc(-c2cccc(-c3ccccc3)c2)c1. The fourth-order valence-electron chi connectivity index (χ4n) is 3.48. The molecule has 0 fully saturated rings. The topological polar surface area (TPSA) is 0 Å². The van der Waals surface area contributed by atoms with Crippen LogP contribution in [0.25, 0.3) is 39.0 Å². The van der Waals surface area contributed by atoms with Crippen LogP contribution in [-0.2, 0) is 0 Å². The molecule has 0 atom stereocenters. The molecule has 27 heavy (non-hydrogen) atoms. The van der Waals surface area contributed by atoms with Gasteiger partial charge in [0.15, 0.2) is 0 Å². The number of benzene rings is 4. The van der Waals surface area contributed by atoms with Gasteiger partial charge in [0.25, 0.3) is 0 Å². The Kier molecular flexibility index (Phi) is 4.72. The van der Waals surface area contributed by atoms with Gasteiger partial charge in [-0.2, -0.15) is 0 Å². The van der Waals surface area contributed by atoms with Gasteiger partial charge in [0.1, 0.15) is 0 Å². The molecular formula is C27H22. The van der Waals surface area contributed by atoms with E-state index in [-0.39, 0.29) is 0 Å². The Morgan fingerprint density at radius 3 is 1.67 bits per heavy atom. The van der Waals surface area contributed by atoms with Gasteiger partial charge in [-0.05, 0) is 58.0 Å². The molecule has 0 aliphatic heterocycles. The van der Waals surface area contributed by atoms with Crippen molar-refractivity contribution in [2.45, 2.75) is 6.92 Å². The normalized spacial score (nSPS) is 10.6. The van der Waals surface area contributed by atoms with Crippen molar-refractivity contribution in [3.05, 3.63) is 115 Å². The monoisotopic (exact) mass is 346 g/mol. The molecule has 0 radical (unpaired) electrons. The molecule has 0 aromatic heterocycles. The molecule has 0 nitrogen and oxygen atoms in total. The van der Waals surface area contributed by atoms with Gasteiger partial charge in [0.05, 0.1) is 0 Å². The molecule has 0 saturated heterocycles. The van der Waals surface area contributed by atoms with Gasteiger partial charge in [0, 0.05) is 0 Å². The molecule has 0 saturated carbocycles. The molecule has 0 N–H and O–H groups in total. The lowest BCUT2D eigenvalue weighted by atomic mass is 9.93. The van der Waals surface area contributed by atoms with Crippen LogP contribution in [0.5, 0.6) is 0 Å².